The van der Waals surface area contributed by atoms with Gasteiger partial charge in [0.25, 0.3) is 17.6 Å². The summed E-state index contributed by atoms with van der Waals surface area (Å²) < 4.78 is 57.1. The van der Waals surface area contributed by atoms with Crippen molar-refractivity contribution in [3.63, 3.8) is 0 Å². The van der Waals surface area contributed by atoms with Gasteiger partial charge in [-0.05, 0) is 22.0 Å². The van der Waals surface area contributed by atoms with Gasteiger partial charge in [0.2, 0.25) is 17.4 Å². The molecule has 110 valence electrons. The van der Waals surface area contributed by atoms with Gasteiger partial charge in [0.05, 0.1) is 4.92 Å². The molecule has 0 bridgehead atoms. The third-order valence-electron chi connectivity index (χ3n) is 2.31. The van der Waals surface area contributed by atoms with Gasteiger partial charge in [0, 0.05) is 6.07 Å². The van der Waals surface area contributed by atoms with Crippen molar-refractivity contribution in [2.45, 2.75) is 0 Å². The van der Waals surface area contributed by atoms with E-state index in [-0.39, 0.29) is 4.47 Å². The third kappa shape index (κ3) is 2.79. The molecule has 0 aliphatic heterocycles. The van der Waals surface area contributed by atoms with Crippen LogP contribution < -0.4 is 4.74 Å². The van der Waals surface area contributed by atoms with E-state index in [2.05, 4.69) is 20.9 Å². The molecule has 1 heterocycles. The highest BCUT2D eigenvalue weighted by Gasteiger charge is 2.25. The van der Waals surface area contributed by atoms with Gasteiger partial charge in [-0.3, -0.25) is 10.1 Å². The lowest BCUT2D eigenvalue weighted by molar-refractivity contribution is -0.385. The van der Waals surface area contributed by atoms with Gasteiger partial charge >= 0.3 is 0 Å². The van der Waals surface area contributed by atoms with Crippen LogP contribution in [-0.4, -0.2) is 9.91 Å². The van der Waals surface area contributed by atoms with Crippen LogP contribution in [0.2, 0.25) is 0 Å². The van der Waals surface area contributed by atoms with E-state index >= 15 is 0 Å². The number of rotatable bonds is 3. The number of halogens is 5. The summed E-state index contributed by atoms with van der Waals surface area (Å²) >= 11 is 2.81. The molecular weight excluding hydrogens is 364 g/mol. The summed E-state index contributed by atoms with van der Waals surface area (Å²) in [5.41, 5.74) is -0.455. The van der Waals surface area contributed by atoms with Crippen LogP contribution in [0.15, 0.2) is 22.7 Å². The fourth-order valence-corrected chi connectivity index (χ4v) is 1.88. The fraction of sp³-hybridized carbons (Fsp3) is 0. The Kier molecular flexibility index (Phi) is 4.07. The molecule has 0 radical (unpaired) electrons. The molecule has 0 fully saturated rings. The van der Waals surface area contributed by atoms with Crippen LogP contribution in [0.3, 0.4) is 0 Å². The number of nitro benzene ring substituents is 1. The van der Waals surface area contributed by atoms with Crippen molar-refractivity contribution in [1.82, 2.24) is 4.98 Å². The molecule has 0 aliphatic rings. The quantitative estimate of drug-likeness (QED) is 0.355. The van der Waals surface area contributed by atoms with Gasteiger partial charge in [-0.15, -0.1) is 0 Å². The number of ether oxygens (including phenoxy) is 1. The molecular formula is C11H3BrF4N2O3. The lowest BCUT2D eigenvalue weighted by Crippen LogP contribution is -2.03. The first-order valence-corrected chi connectivity index (χ1v) is 5.93. The normalized spacial score (nSPS) is 10.5. The first kappa shape index (κ1) is 15.2. The average molecular weight is 367 g/mol. The van der Waals surface area contributed by atoms with Gasteiger partial charge in [-0.2, -0.15) is 22.5 Å². The number of benzene rings is 1. The number of pyridine rings is 1. The predicted molar refractivity (Wildman–Crippen MR) is 64.9 cm³/mol. The fourth-order valence-electron chi connectivity index (χ4n) is 1.39. The van der Waals surface area contributed by atoms with Gasteiger partial charge < -0.3 is 4.74 Å². The Morgan fingerprint density at radius 3 is 2.24 bits per heavy atom. The second-order valence-corrected chi connectivity index (χ2v) is 4.39. The van der Waals surface area contributed by atoms with Crippen molar-refractivity contribution in [3.8, 4) is 11.5 Å². The molecule has 1 aromatic carbocycles. The molecule has 1 aromatic heterocycles. The molecule has 21 heavy (non-hydrogen) atoms. The number of aromatic nitrogens is 1. The van der Waals surface area contributed by atoms with Crippen LogP contribution in [0.5, 0.6) is 11.5 Å². The highest BCUT2D eigenvalue weighted by atomic mass is 79.9. The Hall–Kier alpha value is -2.23. The number of nitro groups is 1. The van der Waals surface area contributed by atoms with Gasteiger partial charge in [-0.25, -0.2) is 0 Å². The number of hydrogen-bond acceptors (Lipinski definition) is 4. The molecule has 2 aromatic rings. The van der Waals surface area contributed by atoms with Gasteiger partial charge in [-0.1, -0.05) is 6.07 Å². The van der Waals surface area contributed by atoms with Crippen molar-refractivity contribution in [2.75, 3.05) is 0 Å². The summed E-state index contributed by atoms with van der Waals surface area (Å²) in [6, 6.07) is 3.38. The van der Waals surface area contributed by atoms with E-state index in [1.54, 1.807) is 0 Å². The maximum absolute atomic E-state index is 13.4. The molecule has 5 nitrogen and oxygen atoms in total. The minimum absolute atomic E-state index is 0.244. The summed E-state index contributed by atoms with van der Waals surface area (Å²) in [6.45, 7) is 0. The van der Waals surface area contributed by atoms with E-state index in [4.69, 9.17) is 4.74 Å². The number of nitrogens with zero attached hydrogens (tertiary/aromatic N) is 2. The van der Waals surface area contributed by atoms with Gasteiger partial charge in [0.1, 0.15) is 10.2 Å². The molecule has 0 amide bonds. The zero-order chi connectivity index (χ0) is 15.7. The summed E-state index contributed by atoms with van der Waals surface area (Å²) in [6.07, 6.45) is 0. The van der Waals surface area contributed by atoms with Crippen LogP contribution in [0.1, 0.15) is 0 Å². The van der Waals surface area contributed by atoms with E-state index in [1.165, 1.54) is 6.07 Å². The van der Waals surface area contributed by atoms with Crippen molar-refractivity contribution in [3.05, 3.63) is 56.3 Å². The minimum atomic E-state index is -1.90. The Morgan fingerprint density at radius 1 is 1.14 bits per heavy atom. The van der Waals surface area contributed by atoms with Crippen LogP contribution in [0.4, 0.5) is 23.2 Å². The van der Waals surface area contributed by atoms with E-state index in [0.29, 0.717) is 0 Å². The van der Waals surface area contributed by atoms with Crippen LogP contribution >= 0.6 is 15.9 Å². The number of hydrogen-bond donors (Lipinski definition) is 0. The van der Waals surface area contributed by atoms with Crippen LogP contribution in [0, 0.1) is 33.6 Å². The Morgan fingerprint density at radius 2 is 1.71 bits per heavy atom. The van der Waals surface area contributed by atoms with Crippen molar-refractivity contribution in [1.29, 1.82) is 0 Å². The molecule has 0 saturated heterocycles. The highest BCUT2D eigenvalue weighted by molar-refractivity contribution is 9.10. The summed E-state index contributed by atoms with van der Waals surface area (Å²) in [7, 11) is 0. The maximum atomic E-state index is 13.4. The van der Waals surface area contributed by atoms with Gasteiger partial charge in [0.15, 0.2) is 0 Å². The maximum Gasteiger partial charge on any atom is 0.287 e. The van der Waals surface area contributed by atoms with E-state index in [0.717, 1.165) is 12.1 Å². The molecule has 0 unspecified atom stereocenters. The minimum Gasteiger partial charge on any atom is -0.449 e. The second kappa shape index (κ2) is 5.64. The van der Waals surface area contributed by atoms with E-state index in [1.807, 2.05) is 0 Å². The van der Waals surface area contributed by atoms with Crippen molar-refractivity contribution >= 4 is 21.6 Å². The lowest BCUT2D eigenvalue weighted by atomic mass is 10.3. The summed E-state index contributed by atoms with van der Waals surface area (Å²) in [5.74, 6) is -9.29. The lowest BCUT2D eigenvalue weighted by Gasteiger charge is -2.09. The monoisotopic (exact) mass is 366 g/mol. The first-order valence-electron chi connectivity index (χ1n) is 5.13. The Bertz CT molecular complexity index is 716. The Balaban J connectivity index is 2.54. The largest absolute Gasteiger partial charge is 0.449 e. The zero-order valence-electron chi connectivity index (χ0n) is 9.74. The molecule has 0 atom stereocenters. The van der Waals surface area contributed by atoms with Crippen molar-refractivity contribution < 1.29 is 27.2 Å². The predicted octanol–water partition coefficient (Wildman–Crippen LogP) is 4.10. The Labute approximate surface area is 122 Å². The molecule has 0 N–H and O–H groups in total. The molecule has 2 rings (SSSR count). The van der Waals surface area contributed by atoms with Crippen LogP contribution in [0.25, 0.3) is 0 Å². The molecule has 10 heteroatoms. The second-order valence-electron chi connectivity index (χ2n) is 3.60. The first-order chi connectivity index (χ1) is 9.82. The molecule has 0 spiro atoms. The topological polar surface area (TPSA) is 65.3 Å². The van der Waals surface area contributed by atoms with E-state index in [9.17, 15) is 27.7 Å². The SMILES string of the molecule is O=[N+]([O-])c1cccc(Oc2c(F)c(F)nc(F)c2F)c1Br. The van der Waals surface area contributed by atoms with Crippen LogP contribution in [-0.2, 0) is 0 Å². The molecule has 0 saturated carbocycles. The van der Waals surface area contributed by atoms with E-state index < -0.39 is 45.6 Å². The summed E-state index contributed by atoms with van der Waals surface area (Å²) in [5, 5.41) is 10.7. The highest BCUT2D eigenvalue weighted by Crippen LogP contribution is 2.38. The van der Waals surface area contributed by atoms with Crippen molar-refractivity contribution in [2.24, 2.45) is 0 Å². The summed E-state index contributed by atoms with van der Waals surface area (Å²) in [4.78, 5) is 12.3. The molecule has 0 aliphatic carbocycles. The third-order valence-corrected chi connectivity index (χ3v) is 3.11. The average Bonchev–Trinajstić information content (AvgIpc) is 2.42. The standard InChI is InChI=1S/C11H3BrF4N2O3/c12-6-4(18(19)20)2-1-3-5(6)21-9-7(13)10(15)17-11(16)8(9)14/h1-3H. The smallest absolute Gasteiger partial charge is 0.287 e. The zero-order valence-corrected chi connectivity index (χ0v) is 11.3.